The zero-order chi connectivity index (χ0) is 13.4. The molecule has 1 rings (SSSR count). The van der Waals surface area contributed by atoms with Crippen molar-refractivity contribution in [3.05, 3.63) is 0 Å². The van der Waals surface area contributed by atoms with E-state index in [1.54, 1.807) is 0 Å². The molecule has 1 aliphatic rings. The van der Waals surface area contributed by atoms with Crippen LogP contribution in [0.1, 0.15) is 34.1 Å². The number of rotatable bonds is 3. The smallest absolute Gasteiger partial charge is 0.315 e. The van der Waals surface area contributed by atoms with Crippen LogP contribution in [0, 0.1) is 17.8 Å². The Morgan fingerprint density at radius 3 is 2.06 bits per heavy atom. The highest BCUT2D eigenvalue weighted by atomic mass is 16.2. The van der Waals surface area contributed by atoms with Gasteiger partial charge in [0.25, 0.3) is 0 Å². The Hall–Kier alpha value is -1.26. The minimum atomic E-state index is -0.931. The van der Waals surface area contributed by atoms with E-state index < -0.39 is 17.5 Å². The summed E-state index contributed by atoms with van der Waals surface area (Å²) in [6.07, 6.45) is 0.779. The number of carbonyl (C=O) groups excluding carboxylic acids is 2. The Morgan fingerprint density at radius 2 is 1.76 bits per heavy atom. The molecule has 0 radical (unpaired) electrons. The topological polar surface area (TPSA) is 89.4 Å². The third-order valence-electron chi connectivity index (χ3n) is 4.02. The predicted octanol–water partition coefficient (Wildman–Crippen LogP) is 0.923. The zero-order valence-electron chi connectivity index (χ0n) is 11.1. The highest BCUT2D eigenvalue weighted by Gasteiger charge is 2.57. The zero-order valence-corrected chi connectivity index (χ0v) is 11.1. The summed E-state index contributed by atoms with van der Waals surface area (Å²) in [4.78, 5) is 25.0. The molecular weight excluding hydrogens is 218 g/mol. The van der Waals surface area contributed by atoms with Gasteiger partial charge >= 0.3 is 6.03 Å². The van der Waals surface area contributed by atoms with E-state index in [4.69, 9.17) is 11.5 Å². The fourth-order valence-electron chi connectivity index (χ4n) is 3.35. The first kappa shape index (κ1) is 13.8. The molecule has 1 aliphatic heterocycles. The van der Waals surface area contributed by atoms with Crippen molar-refractivity contribution in [2.75, 3.05) is 6.54 Å². The van der Waals surface area contributed by atoms with Crippen molar-refractivity contribution in [2.45, 2.75) is 39.7 Å². The Labute approximate surface area is 103 Å². The summed E-state index contributed by atoms with van der Waals surface area (Å²) >= 11 is 0. The molecule has 5 nitrogen and oxygen atoms in total. The van der Waals surface area contributed by atoms with Gasteiger partial charge in [0.1, 0.15) is 5.54 Å². The van der Waals surface area contributed by atoms with Crippen molar-refractivity contribution in [3.8, 4) is 0 Å². The number of likely N-dealkylation sites (tertiary alicyclic amines) is 1. The Kier molecular flexibility index (Phi) is 3.69. The van der Waals surface area contributed by atoms with E-state index >= 15 is 0 Å². The van der Waals surface area contributed by atoms with Crippen molar-refractivity contribution >= 4 is 11.9 Å². The average molecular weight is 241 g/mol. The maximum Gasteiger partial charge on any atom is 0.315 e. The lowest BCUT2D eigenvalue weighted by Crippen LogP contribution is -2.64. The molecule has 2 unspecified atom stereocenters. The van der Waals surface area contributed by atoms with Gasteiger partial charge in [-0.15, -0.1) is 0 Å². The predicted molar refractivity (Wildman–Crippen MR) is 66.0 cm³/mol. The minimum absolute atomic E-state index is 0.0394. The van der Waals surface area contributed by atoms with E-state index in [9.17, 15) is 9.59 Å². The molecule has 3 amide bonds. The Bertz CT molecular complexity index is 328. The molecule has 0 saturated carbocycles. The van der Waals surface area contributed by atoms with Crippen LogP contribution in [0.2, 0.25) is 0 Å². The molecule has 98 valence electrons. The number of primary amides is 2. The van der Waals surface area contributed by atoms with E-state index in [1.165, 1.54) is 4.90 Å². The SMILES string of the molecule is CC(C)C1CCN(C(N)=O)C1(C(N)=O)C(C)C. The van der Waals surface area contributed by atoms with Crippen LogP contribution < -0.4 is 11.5 Å². The van der Waals surface area contributed by atoms with Crippen LogP contribution in [-0.4, -0.2) is 28.9 Å². The first-order valence-electron chi connectivity index (χ1n) is 6.13. The van der Waals surface area contributed by atoms with Crippen LogP contribution in [-0.2, 0) is 4.79 Å². The number of urea groups is 1. The fourth-order valence-corrected chi connectivity index (χ4v) is 3.35. The van der Waals surface area contributed by atoms with Crippen LogP contribution in [0.15, 0.2) is 0 Å². The molecule has 0 aromatic carbocycles. The first-order chi connectivity index (χ1) is 7.76. The highest BCUT2D eigenvalue weighted by molar-refractivity contribution is 5.91. The van der Waals surface area contributed by atoms with Gasteiger partial charge in [-0.05, 0) is 24.2 Å². The molecule has 0 aromatic heterocycles. The second-order valence-corrected chi connectivity index (χ2v) is 5.47. The average Bonchev–Trinajstić information content (AvgIpc) is 2.57. The highest BCUT2D eigenvalue weighted by Crippen LogP contribution is 2.44. The number of nitrogens with zero attached hydrogens (tertiary/aromatic N) is 1. The van der Waals surface area contributed by atoms with Gasteiger partial charge in [-0.2, -0.15) is 0 Å². The minimum Gasteiger partial charge on any atom is -0.368 e. The van der Waals surface area contributed by atoms with Crippen molar-refractivity contribution in [1.29, 1.82) is 0 Å². The third kappa shape index (κ3) is 1.87. The van der Waals surface area contributed by atoms with Crippen LogP contribution >= 0.6 is 0 Å². The standard InChI is InChI=1S/C12H23N3O2/c1-7(2)9-5-6-15(11(14)17)12(9,8(3)4)10(13)16/h7-9H,5-6H2,1-4H3,(H2,13,16)(H2,14,17). The number of hydrogen-bond acceptors (Lipinski definition) is 2. The largest absolute Gasteiger partial charge is 0.368 e. The van der Waals surface area contributed by atoms with Gasteiger partial charge < -0.3 is 16.4 Å². The first-order valence-corrected chi connectivity index (χ1v) is 6.13. The molecule has 4 N–H and O–H groups in total. The molecule has 0 aromatic rings. The van der Waals surface area contributed by atoms with Gasteiger partial charge in [0.2, 0.25) is 5.91 Å². The van der Waals surface area contributed by atoms with Crippen molar-refractivity contribution in [1.82, 2.24) is 4.90 Å². The Balaban J connectivity index is 3.31. The lowest BCUT2D eigenvalue weighted by atomic mass is 9.70. The summed E-state index contributed by atoms with van der Waals surface area (Å²) in [6.45, 7) is 8.45. The third-order valence-corrected chi connectivity index (χ3v) is 4.02. The summed E-state index contributed by atoms with van der Waals surface area (Å²) in [7, 11) is 0. The lowest BCUT2D eigenvalue weighted by molar-refractivity contribution is -0.133. The van der Waals surface area contributed by atoms with Crippen molar-refractivity contribution in [2.24, 2.45) is 29.2 Å². The van der Waals surface area contributed by atoms with E-state index in [1.807, 2.05) is 13.8 Å². The van der Waals surface area contributed by atoms with Gasteiger partial charge in [0.15, 0.2) is 0 Å². The molecule has 1 heterocycles. The number of amides is 3. The molecule has 1 saturated heterocycles. The molecule has 1 fully saturated rings. The molecule has 0 aliphatic carbocycles. The monoisotopic (exact) mass is 241 g/mol. The van der Waals surface area contributed by atoms with E-state index in [-0.39, 0.29) is 17.8 Å². The lowest BCUT2D eigenvalue weighted by Gasteiger charge is -2.43. The summed E-state index contributed by atoms with van der Waals surface area (Å²) < 4.78 is 0. The molecule has 2 atom stereocenters. The van der Waals surface area contributed by atoms with Crippen LogP contribution in [0.25, 0.3) is 0 Å². The molecule has 5 heteroatoms. The maximum atomic E-state index is 12.0. The van der Waals surface area contributed by atoms with E-state index in [0.29, 0.717) is 6.54 Å². The Morgan fingerprint density at radius 1 is 1.24 bits per heavy atom. The summed E-state index contributed by atoms with van der Waals surface area (Å²) in [5, 5.41) is 0. The second kappa shape index (κ2) is 4.55. The van der Waals surface area contributed by atoms with E-state index in [2.05, 4.69) is 13.8 Å². The van der Waals surface area contributed by atoms with Crippen LogP contribution in [0.5, 0.6) is 0 Å². The summed E-state index contributed by atoms with van der Waals surface area (Å²) in [5.41, 5.74) is 10.1. The maximum absolute atomic E-state index is 12.0. The van der Waals surface area contributed by atoms with Gasteiger partial charge in [0.05, 0.1) is 0 Å². The number of hydrogen-bond donors (Lipinski definition) is 2. The molecular formula is C12H23N3O2. The number of carbonyl (C=O) groups is 2. The van der Waals surface area contributed by atoms with Crippen molar-refractivity contribution < 1.29 is 9.59 Å². The van der Waals surface area contributed by atoms with Gasteiger partial charge in [0, 0.05) is 6.54 Å². The van der Waals surface area contributed by atoms with Crippen LogP contribution in [0.4, 0.5) is 4.79 Å². The number of nitrogens with two attached hydrogens (primary N) is 2. The molecule has 17 heavy (non-hydrogen) atoms. The summed E-state index contributed by atoms with van der Waals surface area (Å²) in [6, 6.07) is -0.555. The van der Waals surface area contributed by atoms with Crippen LogP contribution in [0.3, 0.4) is 0 Å². The van der Waals surface area contributed by atoms with Gasteiger partial charge in [-0.25, -0.2) is 4.79 Å². The normalized spacial score (nSPS) is 29.1. The van der Waals surface area contributed by atoms with E-state index in [0.717, 1.165) is 6.42 Å². The molecule has 0 spiro atoms. The molecule has 0 bridgehead atoms. The van der Waals surface area contributed by atoms with Gasteiger partial charge in [-0.1, -0.05) is 27.7 Å². The second-order valence-electron chi connectivity index (χ2n) is 5.47. The van der Waals surface area contributed by atoms with Gasteiger partial charge in [-0.3, -0.25) is 4.79 Å². The fraction of sp³-hybridized carbons (Fsp3) is 0.833. The quantitative estimate of drug-likeness (QED) is 0.769. The van der Waals surface area contributed by atoms with Crippen molar-refractivity contribution in [3.63, 3.8) is 0 Å². The summed E-state index contributed by atoms with van der Waals surface area (Å²) in [5.74, 6) is -0.119.